The highest BCUT2D eigenvalue weighted by atomic mass is 35.5. The average Bonchev–Trinajstić information content (AvgIpc) is 2.54. The predicted molar refractivity (Wildman–Crippen MR) is 96.0 cm³/mol. The summed E-state index contributed by atoms with van der Waals surface area (Å²) in [4.78, 5) is 12.3. The zero-order chi connectivity index (χ0) is 16.8. The predicted octanol–water partition coefficient (Wildman–Crippen LogP) is 5.60. The molecule has 0 aliphatic heterocycles. The molecule has 0 saturated carbocycles. The van der Waals surface area contributed by atoms with Gasteiger partial charge in [0.2, 0.25) is 0 Å². The zero-order valence-electron chi connectivity index (χ0n) is 13.2. The Kier molecular flexibility index (Phi) is 6.31. The molecule has 23 heavy (non-hydrogen) atoms. The summed E-state index contributed by atoms with van der Waals surface area (Å²) in [6.07, 6.45) is 3.38. The van der Waals surface area contributed by atoms with E-state index in [9.17, 15) is 4.79 Å². The van der Waals surface area contributed by atoms with Crippen LogP contribution in [0.15, 0.2) is 36.4 Å². The van der Waals surface area contributed by atoms with Gasteiger partial charge in [0.05, 0.1) is 17.2 Å². The van der Waals surface area contributed by atoms with E-state index in [4.69, 9.17) is 27.9 Å². The number of ether oxygens (including phenoxy) is 1. The molecule has 5 heteroatoms. The second-order valence-corrected chi connectivity index (χ2v) is 6.04. The first-order valence-corrected chi connectivity index (χ1v) is 8.24. The number of carbonyl (C=O) groups is 1. The number of hydrogen-bond donors (Lipinski definition) is 1. The van der Waals surface area contributed by atoms with E-state index in [0.717, 1.165) is 24.9 Å². The first-order valence-electron chi connectivity index (χ1n) is 7.48. The Morgan fingerprint density at radius 2 is 1.74 bits per heavy atom. The second-order valence-electron chi connectivity index (χ2n) is 5.23. The van der Waals surface area contributed by atoms with Crippen molar-refractivity contribution in [1.29, 1.82) is 0 Å². The van der Waals surface area contributed by atoms with Crippen LogP contribution in [0.5, 0.6) is 5.75 Å². The van der Waals surface area contributed by atoms with E-state index in [0.29, 0.717) is 21.4 Å². The summed E-state index contributed by atoms with van der Waals surface area (Å²) in [7, 11) is 1.48. The van der Waals surface area contributed by atoms with Crippen LogP contribution >= 0.6 is 23.2 Å². The molecule has 2 aromatic rings. The van der Waals surface area contributed by atoms with E-state index in [1.807, 2.05) is 24.3 Å². The molecule has 3 nitrogen and oxygen atoms in total. The molecule has 0 radical (unpaired) electrons. The normalized spacial score (nSPS) is 10.4. The Hall–Kier alpha value is -1.71. The van der Waals surface area contributed by atoms with Crippen molar-refractivity contribution in [3.05, 3.63) is 57.6 Å². The number of methoxy groups -OCH3 is 1. The van der Waals surface area contributed by atoms with Crippen LogP contribution in [0.1, 0.15) is 35.7 Å². The van der Waals surface area contributed by atoms with Gasteiger partial charge in [-0.3, -0.25) is 4.79 Å². The van der Waals surface area contributed by atoms with E-state index >= 15 is 0 Å². The Morgan fingerprint density at radius 3 is 2.26 bits per heavy atom. The van der Waals surface area contributed by atoms with Crippen molar-refractivity contribution in [2.75, 3.05) is 12.4 Å². The number of carbonyl (C=O) groups excluding carboxylic acids is 1. The van der Waals surface area contributed by atoms with Crippen LogP contribution in [-0.2, 0) is 6.42 Å². The molecule has 0 atom stereocenters. The van der Waals surface area contributed by atoms with Gasteiger partial charge in [-0.2, -0.15) is 0 Å². The van der Waals surface area contributed by atoms with Gasteiger partial charge >= 0.3 is 0 Å². The molecule has 0 aliphatic carbocycles. The minimum absolute atomic E-state index is 0.266. The standard InChI is InChI=1S/C18H19Cl2NO2/c1-3-4-5-12-6-8-14(9-7-12)21-18(22)13-10-15(19)17(23-2)16(20)11-13/h6-11H,3-5H2,1-2H3,(H,21,22). The zero-order valence-corrected chi connectivity index (χ0v) is 14.7. The maximum absolute atomic E-state index is 12.3. The van der Waals surface area contributed by atoms with Crippen molar-refractivity contribution in [3.8, 4) is 5.75 Å². The van der Waals surface area contributed by atoms with Gasteiger partial charge < -0.3 is 10.1 Å². The fourth-order valence-electron chi connectivity index (χ4n) is 2.22. The Bertz CT molecular complexity index is 661. The summed E-state index contributed by atoms with van der Waals surface area (Å²) < 4.78 is 5.08. The van der Waals surface area contributed by atoms with Crippen molar-refractivity contribution < 1.29 is 9.53 Å². The highest BCUT2D eigenvalue weighted by Crippen LogP contribution is 2.34. The van der Waals surface area contributed by atoms with Gasteiger partial charge in [-0.15, -0.1) is 0 Å². The van der Waals surface area contributed by atoms with Crippen molar-refractivity contribution in [1.82, 2.24) is 0 Å². The number of rotatable bonds is 6. The Balaban J connectivity index is 2.10. The van der Waals surface area contributed by atoms with Crippen molar-refractivity contribution in [2.45, 2.75) is 26.2 Å². The molecule has 0 unspecified atom stereocenters. The maximum atomic E-state index is 12.3. The highest BCUT2D eigenvalue weighted by Gasteiger charge is 2.13. The average molecular weight is 352 g/mol. The van der Waals surface area contributed by atoms with Gasteiger partial charge in [-0.1, -0.05) is 48.7 Å². The highest BCUT2D eigenvalue weighted by molar-refractivity contribution is 6.37. The summed E-state index contributed by atoms with van der Waals surface area (Å²) in [5.41, 5.74) is 2.38. The lowest BCUT2D eigenvalue weighted by molar-refractivity contribution is 0.102. The third kappa shape index (κ3) is 4.63. The quantitative estimate of drug-likeness (QED) is 0.735. The minimum atomic E-state index is -0.266. The van der Waals surface area contributed by atoms with Crippen molar-refractivity contribution in [2.24, 2.45) is 0 Å². The molecule has 0 bridgehead atoms. The van der Waals surface area contributed by atoms with E-state index in [2.05, 4.69) is 12.2 Å². The molecule has 0 aromatic heterocycles. The summed E-state index contributed by atoms with van der Waals surface area (Å²) in [5.74, 6) is 0.0999. The Labute approximate surface area is 146 Å². The molecule has 0 aliphatic rings. The summed E-state index contributed by atoms with van der Waals surface area (Å²) in [5, 5.41) is 3.45. The number of benzene rings is 2. The lowest BCUT2D eigenvalue weighted by Crippen LogP contribution is -2.12. The summed E-state index contributed by atoms with van der Waals surface area (Å²) >= 11 is 12.1. The summed E-state index contributed by atoms with van der Waals surface area (Å²) in [6, 6.07) is 10.9. The maximum Gasteiger partial charge on any atom is 0.255 e. The largest absolute Gasteiger partial charge is 0.494 e. The summed E-state index contributed by atoms with van der Waals surface area (Å²) in [6.45, 7) is 2.17. The van der Waals surface area contributed by atoms with Crippen LogP contribution in [0.3, 0.4) is 0 Å². The van der Waals surface area contributed by atoms with Gasteiger partial charge in [0.15, 0.2) is 5.75 Å². The van der Waals surface area contributed by atoms with Gasteiger partial charge in [-0.05, 0) is 42.7 Å². The number of nitrogens with one attached hydrogen (secondary N) is 1. The number of aryl methyl sites for hydroxylation is 1. The molecule has 122 valence electrons. The van der Waals surface area contributed by atoms with Crippen LogP contribution in [0.2, 0.25) is 10.0 Å². The molecule has 0 fully saturated rings. The van der Waals surface area contributed by atoms with Gasteiger partial charge in [-0.25, -0.2) is 0 Å². The third-order valence-corrected chi connectivity index (χ3v) is 4.06. The molecular formula is C18H19Cl2NO2. The van der Waals surface area contributed by atoms with Gasteiger partial charge in [0.1, 0.15) is 0 Å². The molecule has 1 N–H and O–H groups in total. The first kappa shape index (κ1) is 17.6. The third-order valence-electron chi connectivity index (χ3n) is 3.50. The number of hydrogen-bond acceptors (Lipinski definition) is 2. The van der Waals surface area contributed by atoms with E-state index < -0.39 is 0 Å². The number of amides is 1. The number of unbranched alkanes of at least 4 members (excludes halogenated alkanes) is 1. The second kappa shape index (κ2) is 8.23. The lowest BCUT2D eigenvalue weighted by Gasteiger charge is -2.10. The van der Waals surface area contributed by atoms with Crippen LogP contribution in [0.25, 0.3) is 0 Å². The van der Waals surface area contributed by atoms with E-state index in [-0.39, 0.29) is 5.91 Å². The van der Waals surface area contributed by atoms with Crippen molar-refractivity contribution in [3.63, 3.8) is 0 Å². The van der Waals surface area contributed by atoms with Crippen LogP contribution in [-0.4, -0.2) is 13.0 Å². The Morgan fingerprint density at radius 1 is 1.13 bits per heavy atom. The first-order chi connectivity index (χ1) is 11.0. The molecular weight excluding hydrogens is 333 g/mol. The fraction of sp³-hybridized carbons (Fsp3) is 0.278. The molecule has 2 rings (SSSR count). The van der Waals surface area contributed by atoms with Gasteiger partial charge in [0.25, 0.3) is 5.91 Å². The number of halogens is 2. The fourth-order valence-corrected chi connectivity index (χ4v) is 2.87. The SMILES string of the molecule is CCCCc1ccc(NC(=O)c2cc(Cl)c(OC)c(Cl)c2)cc1. The lowest BCUT2D eigenvalue weighted by atomic mass is 10.1. The molecule has 0 spiro atoms. The topological polar surface area (TPSA) is 38.3 Å². The van der Waals surface area contributed by atoms with Crippen LogP contribution in [0, 0.1) is 0 Å². The smallest absolute Gasteiger partial charge is 0.255 e. The minimum Gasteiger partial charge on any atom is -0.494 e. The molecule has 1 amide bonds. The molecule has 0 saturated heterocycles. The van der Waals surface area contributed by atoms with Crippen molar-refractivity contribution >= 4 is 34.8 Å². The van der Waals surface area contributed by atoms with E-state index in [1.54, 1.807) is 0 Å². The molecule has 2 aromatic carbocycles. The van der Waals surface area contributed by atoms with Crippen LogP contribution < -0.4 is 10.1 Å². The number of anilines is 1. The monoisotopic (exact) mass is 351 g/mol. The van der Waals surface area contributed by atoms with Gasteiger partial charge in [0, 0.05) is 11.3 Å². The van der Waals surface area contributed by atoms with Crippen LogP contribution in [0.4, 0.5) is 5.69 Å². The molecule has 0 heterocycles. The van der Waals surface area contributed by atoms with E-state index in [1.165, 1.54) is 24.8 Å².